The highest BCUT2D eigenvalue weighted by Crippen LogP contribution is 2.49. The third-order valence-electron chi connectivity index (χ3n) is 25.3. The van der Waals surface area contributed by atoms with Crippen LogP contribution in [0.5, 0.6) is 0 Å². The molecule has 21 aromatic carbocycles. The summed E-state index contributed by atoms with van der Waals surface area (Å²) >= 11 is 0. The van der Waals surface area contributed by atoms with Crippen LogP contribution in [-0.2, 0) is 0 Å². The lowest BCUT2D eigenvalue weighted by Crippen LogP contribution is -1.85. The lowest BCUT2D eigenvalue weighted by atomic mass is 9.92. The first-order valence-corrected chi connectivity index (χ1v) is 40.6. The summed E-state index contributed by atoms with van der Waals surface area (Å²) in [5, 5.41) is 31.1. The molecular formula is C114H69N3. The van der Waals surface area contributed by atoms with E-state index in [1.54, 1.807) is 0 Å². The lowest BCUT2D eigenvalue weighted by Gasteiger charge is -2.11. The lowest BCUT2D eigenvalue weighted by molar-refractivity contribution is 1.38. The first-order chi connectivity index (χ1) is 58.0. The Labute approximate surface area is 672 Å². The summed E-state index contributed by atoms with van der Waals surface area (Å²) in [6.45, 7) is 0. The minimum Gasteiger partial charge on any atom is -0.308 e. The standard InChI is InChI=1S/3C38H23N/c1-2-10-24(11-3-1)30-16-8-9-17-31(30)29-20-34-32-18-25-12-4-6-14-27(25)22-36(32)39-37-23-28-15-7-5-13-26(28)19-33(37)35(21-29)38(34)39;1-2-9-24(10-3-1)25-15-8-16-26(17-25)31-20-34-32-18-27-11-4-6-13-29(27)22-36(32)39-37-23-30-14-7-5-12-28(30)19-33(37)35(21-31)38(34)39;1-2-8-24(9-3-1)25-14-16-26(17-15-25)31-20-34-32-18-27-10-4-6-12-29(27)22-36(32)39-37-23-30-13-7-5-11-28(30)19-33(37)35(21-31)38(34)39/h3*1-23H. The van der Waals surface area contributed by atoms with E-state index in [-0.39, 0.29) is 0 Å². The molecule has 0 saturated heterocycles. The molecule has 6 aromatic heterocycles. The molecule has 0 aliphatic heterocycles. The van der Waals surface area contributed by atoms with Gasteiger partial charge in [-0.3, -0.25) is 0 Å². The predicted octanol–water partition coefficient (Wildman–Crippen LogP) is 31.4. The summed E-state index contributed by atoms with van der Waals surface area (Å²) in [7, 11) is 0. The second kappa shape index (κ2) is 25.5. The molecule has 27 rings (SSSR count). The number of rotatable bonds is 6. The van der Waals surface area contributed by atoms with Crippen LogP contribution in [0.15, 0.2) is 419 Å². The minimum absolute atomic E-state index is 1.24. The molecule has 0 bridgehead atoms. The highest BCUT2D eigenvalue weighted by Gasteiger charge is 2.25. The Morgan fingerprint density at radius 1 is 0.111 bits per heavy atom. The van der Waals surface area contributed by atoms with E-state index in [0.717, 1.165) is 0 Å². The van der Waals surface area contributed by atoms with E-state index in [1.165, 1.54) is 246 Å². The zero-order chi connectivity index (χ0) is 76.5. The molecular weight excluding hydrogens is 1410 g/mol. The maximum absolute atomic E-state index is 2.50. The van der Waals surface area contributed by atoms with E-state index in [0.29, 0.717) is 0 Å². The summed E-state index contributed by atoms with van der Waals surface area (Å²) in [5.74, 6) is 0. The van der Waals surface area contributed by atoms with Gasteiger partial charge < -0.3 is 13.2 Å². The first kappa shape index (κ1) is 65.2. The maximum atomic E-state index is 2.50. The van der Waals surface area contributed by atoms with Gasteiger partial charge in [-0.2, -0.15) is 0 Å². The van der Waals surface area contributed by atoms with Crippen LogP contribution in [0.25, 0.3) is 246 Å². The molecule has 6 heterocycles. The molecule has 0 aliphatic rings. The molecule has 3 nitrogen and oxygen atoms in total. The Balaban J connectivity index is 0.0000000980. The summed E-state index contributed by atoms with van der Waals surface area (Å²) in [6, 6.07) is 154. The van der Waals surface area contributed by atoms with E-state index in [4.69, 9.17) is 0 Å². The smallest absolute Gasteiger partial charge is 0.0620 e. The van der Waals surface area contributed by atoms with Gasteiger partial charge in [-0.05, 0) is 247 Å². The molecule has 3 heteroatoms. The van der Waals surface area contributed by atoms with E-state index >= 15 is 0 Å². The number of fused-ring (bicyclic) bond motifs is 24. The van der Waals surface area contributed by atoms with Crippen molar-refractivity contribution in [3.8, 4) is 66.8 Å². The Bertz CT molecular complexity index is 8360. The molecule has 540 valence electrons. The average Bonchev–Trinajstić information content (AvgIpc) is 1.55. The van der Waals surface area contributed by atoms with Gasteiger partial charge in [0.2, 0.25) is 0 Å². The monoisotopic (exact) mass is 1480 g/mol. The highest BCUT2D eigenvalue weighted by molar-refractivity contribution is 6.31. The van der Waals surface area contributed by atoms with Crippen LogP contribution in [0, 0.1) is 0 Å². The topological polar surface area (TPSA) is 13.2 Å². The molecule has 0 N–H and O–H groups in total. The van der Waals surface area contributed by atoms with Crippen molar-refractivity contribution < 1.29 is 0 Å². The van der Waals surface area contributed by atoms with Gasteiger partial charge in [-0.15, -0.1) is 0 Å². The van der Waals surface area contributed by atoms with Gasteiger partial charge in [0, 0.05) is 64.6 Å². The molecule has 117 heavy (non-hydrogen) atoms. The summed E-state index contributed by atoms with van der Waals surface area (Å²) in [4.78, 5) is 0. The van der Waals surface area contributed by atoms with Crippen molar-refractivity contribution in [3.05, 3.63) is 419 Å². The maximum Gasteiger partial charge on any atom is 0.0620 e. The fourth-order valence-corrected chi connectivity index (χ4v) is 19.8. The molecule has 0 amide bonds. The van der Waals surface area contributed by atoms with Crippen molar-refractivity contribution in [1.29, 1.82) is 0 Å². The molecule has 0 aliphatic carbocycles. The zero-order valence-electron chi connectivity index (χ0n) is 63.7. The van der Waals surface area contributed by atoms with Gasteiger partial charge in [0.15, 0.2) is 0 Å². The summed E-state index contributed by atoms with van der Waals surface area (Å²) in [5.41, 5.74) is 26.5. The average molecular weight is 1480 g/mol. The van der Waals surface area contributed by atoms with Gasteiger partial charge >= 0.3 is 0 Å². The van der Waals surface area contributed by atoms with E-state index in [2.05, 4.69) is 432 Å². The molecule has 0 fully saturated rings. The van der Waals surface area contributed by atoms with Crippen molar-refractivity contribution in [1.82, 2.24) is 13.2 Å². The van der Waals surface area contributed by atoms with Crippen LogP contribution in [0.3, 0.4) is 0 Å². The second-order valence-electron chi connectivity index (χ2n) is 31.9. The quantitative estimate of drug-likeness (QED) is 0.157. The highest BCUT2D eigenvalue weighted by atomic mass is 14.9. The van der Waals surface area contributed by atoms with Crippen LogP contribution in [0.2, 0.25) is 0 Å². The second-order valence-corrected chi connectivity index (χ2v) is 31.9. The van der Waals surface area contributed by atoms with E-state index in [9.17, 15) is 0 Å². The zero-order valence-corrected chi connectivity index (χ0v) is 63.7. The number of hydrogen-bond donors (Lipinski definition) is 0. The van der Waals surface area contributed by atoms with E-state index < -0.39 is 0 Å². The third kappa shape index (κ3) is 10.2. The summed E-state index contributed by atoms with van der Waals surface area (Å²) < 4.78 is 7.50. The van der Waals surface area contributed by atoms with Crippen LogP contribution in [-0.4, -0.2) is 13.2 Å². The van der Waals surface area contributed by atoms with Crippen molar-refractivity contribution in [2.45, 2.75) is 0 Å². The molecule has 0 atom stereocenters. The van der Waals surface area contributed by atoms with Crippen LogP contribution in [0.1, 0.15) is 0 Å². The minimum atomic E-state index is 1.24. The normalized spacial score (nSPS) is 12.1. The molecule has 27 aromatic rings. The van der Waals surface area contributed by atoms with E-state index in [1.807, 2.05) is 0 Å². The van der Waals surface area contributed by atoms with Crippen molar-refractivity contribution in [2.75, 3.05) is 0 Å². The Kier molecular flexibility index (Phi) is 14.2. The number of aromatic nitrogens is 3. The molecule has 0 saturated carbocycles. The van der Waals surface area contributed by atoms with Gasteiger partial charge in [0.25, 0.3) is 0 Å². The Morgan fingerprint density at radius 3 is 0.607 bits per heavy atom. The van der Waals surface area contributed by atoms with Crippen LogP contribution >= 0.6 is 0 Å². The first-order valence-electron chi connectivity index (χ1n) is 40.6. The summed E-state index contributed by atoms with van der Waals surface area (Å²) in [6.07, 6.45) is 0. The molecule has 0 radical (unpaired) electrons. The molecule has 0 spiro atoms. The number of benzene rings is 21. The van der Waals surface area contributed by atoms with Crippen LogP contribution in [0.4, 0.5) is 0 Å². The Morgan fingerprint density at radius 2 is 0.308 bits per heavy atom. The van der Waals surface area contributed by atoms with Gasteiger partial charge in [0.1, 0.15) is 0 Å². The van der Waals surface area contributed by atoms with Gasteiger partial charge in [-0.1, -0.05) is 303 Å². The SMILES string of the molecule is c1ccc(-c2ccc(-c3cc4c5cc6ccccc6cc5n5c6cc7ccccc7cc6c(c3)c45)cc2)cc1.c1ccc(-c2cccc(-c3cc4c5cc6ccccc6cc5n5c6cc7ccccc7cc6c(c3)c45)c2)cc1.c1ccc(-c2ccccc2-c2cc3c4cc5ccccc5cc4n4c5cc6ccccc6cc5c(c2)c34)cc1. The number of nitrogens with zero attached hydrogens (tertiary/aromatic N) is 3. The molecule has 0 unspecified atom stereocenters. The van der Waals surface area contributed by atoms with Gasteiger partial charge in [0.05, 0.1) is 49.7 Å². The predicted molar refractivity (Wildman–Crippen MR) is 501 cm³/mol. The third-order valence-corrected chi connectivity index (χ3v) is 25.3. The fourth-order valence-electron chi connectivity index (χ4n) is 19.8. The number of hydrogen-bond acceptors (Lipinski definition) is 0. The Hall–Kier alpha value is -15.4. The fraction of sp³-hybridized carbons (Fsp3) is 0. The largest absolute Gasteiger partial charge is 0.308 e. The van der Waals surface area contributed by atoms with Crippen LogP contribution < -0.4 is 0 Å². The van der Waals surface area contributed by atoms with Crippen molar-refractivity contribution in [2.24, 2.45) is 0 Å². The van der Waals surface area contributed by atoms with Crippen molar-refractivity contribution in [3.63, 3.8) is 0 Å². The van der Waals surface area contributed by atoms with Gasteiger partial charge in [-0.25, -0.2) is 0 Å². The van der Waals surface area contributed by atoms with Crippen molar-refractivity contribution >= 4 is 179 Å².